The van der Waals surface area contributed by atoms with Crippen LogP contribution in [0.2, 0.25) is 5.02 Å². The Morgan fingerprint density at radius 3 is 2.70 bits per heavy atom. The first-order valence-corrected chi connectivity index (χ1v) is 11.8. The van der Waals surface area contributed by atoms with Crippen LogP contribution in [-0.2, 0) is 6.54 Å². The van der Waals surface area contributed by atoms with Crippen LogP contribution in [0.1, 0.15) is 28.5 Å². The Hall–Kier alpha value is -2.41. The van der Waals surface area contributed by atoms with Gasteiger partial charge in [0.2, 0.25) is 0 Å². The van der Waals surface area contributed by atoms with Crippen molar-refractivity contribution in [3.05, 3.63) is 82.6 Å². The van der Waals surface area contributed by atoms with E-state index in [1.54, 1.807) is 22.9 Å². The van der Waals surface area contributed by atoms with Gasteiger partial charge in [-0.3, -0.25) is 14.7 Å². The number of nitrogens with zero attached hydrogens (tertiary/aromatic N) is 3. The molecule has 0 N–H and O–H groups in total. The Balaban J connectivity index is 1.81. The summed E-state index contributed by atoms with van der Waals surface area (Å²) in [4.78, 5) is 25.6. The van der Waals surface area contributed by atoms with Gasteiger partial charge < -0.3 is 0 Å². The number of thioether (sulfide) groups is 1. The average molecular weight is 454 g/mol. The third-order valence-corrected chi connectivity index (χ3v) is 7.08. The third-order valence-electron chi connectivity index (χ3n) is 4.68. The zero-order chi connectivity index (χ0) is 21.1. The number of fused-ring (bicyclic) bond motifs is 1. The molecule has 0 aliphatic carbocycles. The van der Waals surface area contributed by atoms with Gasteiger partial charge in [0.25, 0.3) is 5.91 Å². The van der Waals surface area contributed by atoms with E-state index in [0.29, 0.717) is 22.3 Å². The van der Waals surface area contributed by atoms with Crippen molar-refractivity contribution in [2.75, 3.05) is 10.7 Å². The van der Waals surface area contributed by atoms with Gasteiger partial charge in [0.1, 0.15) is 0 Å². The molecule has 4 aromatic rings. The second-order valence-corrected chi connectivity index (χ2v) is 9.38. The lowest BCUT2D eigenvalue weighted by atomic mass is 10.2. The molecule has 0 radical (unpaired) electrons. The van der Waals surface area contributed by atoms with Gasteiger partial charge in [0, 0.05) is 16.1 Å². The molecular formula is C23H20ClN3OS2. The molecule has 4 nitrogen and oxygen atoms in total. The molecule has 2 aromatic heterocycles. The summed E-state index contributed by atoms with van der Waals surface area (Å²) in [6, 6.07) is 17.3. The summed E-state index contributed by atoms with van der Waals surface area (Å²) in [5, 5.41) is 1.31. The average Bonchev–Trinajstić information content (AvgIpc) is 3.20. The zero-order valence-electron chi connectivity index (χ0n) is 16.6. The summed E-state index contributed by atoms with van der Waals surface area (Å²) in [6.07, 6.45) is 1.74. The molecule has 0 bridgehead atoms. The first-order chi connectivity index (χ1) is 14.6. The van der Waals surface area contributed by atoms with Crippen LogP contribution in [0.3, 0.4) is 0 Å². The molecule has 1 amide bonds. The Kier molecular flexibility index (Phi) is 6.37. The van der Waals surface area contributed by atoms with E-state index in [2.05, 4.69) is 11.9 Å². The zero-order valence-corrected chi connectivity index (χ0v) is 19.0. The molecular weight excluding hydrogens is 434 g/mol. The van der Waals surface area contributed by atoms with Crippen molar-refractivity contribution >= 4 is 56.0 Å². The monoisotopic (exact) mass is 453 g/mol. The molecule has 152 valence electrons. The predicted molar refractivity (Wildman–Crippen MR) is 127 cm³/mol. The number of benzene rings is 2. The van der Waals surface area contributed by atoms with Crippen molar-refractivity contribution in [3.63, 3.8) is 0 Å². The minimum absolute atomic E-state index is 0.0833. The van der Waals surface area contributed by atoms with Crippen LogP contribution in [-0.4, -0.2) is 21.6 Å². The van der Waals surface area contributed by atoms with Crippen LogP contribution in [0.25, 0.3) is 10.2 Å². The van der Waals surface area contributed by atoms with E-state index in [1.807, 2.05) is 61.5 Å². The summed E-state index contributed by atoms with van der Waals surface area (Å²) >= 11 is 9.44. The standard InChI is InChI=1S/C23H20ClN3OS2/c1-3-29-19-10-5-4-9-17(19)22(28)27(14-16-8-6-7-13-25-16)23-26-21-15(2)18(24)11-12-20(21)30-23/h4-13H,3,14H2,1-2H3. The molecule has 0 unspecified atom stereocenters. The molecule has 0 spiro atoms. The first-order valence-electron chi connectivity index (χ1n) is 9.57. The molecule has 0 aliphatic rings. The van der Waals surface area contributed by atoms with Crippen molar-refractivity contribution in [1.29, 1.82) is 0 Å². The van der Waals surface area contributed by atoms with E-state index < -0.39 is 0 Å². The molecule has 4 rings (SSSR count). The lowest BCUT2D eigenvalue weighted by Gasteiger charge is -2.21. The summed E-state index contributed by atoms with van der Waals surface area (Å²) in [7, 11) is 0. The smallest absolute Gasteiger partial charge is 0.261 e. The maximum Gasteiger partial charge on any atom is 0.261 e. The van der Waals surface area contributed by atoms with Gasteiger partial charge in [-0.15, -0.1) is 11.8 Å². The fraction of sp³-hybridized carbons (Fsp3) is 0.174. The lowest BCUT2D eigenvalue weighted by molar-refractivity contribution is 0.0982. The van der Waals surface area contributed by atoms with Crippen molar-refractivity contribution < 1.29 is 4.79 Å². The van der Waals surface area contributed by atoms with Crippen LogP contribution < -0.4 is 4.90 Å². The number of pyridine rings is 1. The molecule has 0 fully saturated rings. The van der Waals surface area contributed by atoms with Gasteiger partial charge >= 0.3 is 0 Å². The number of thiazole rings is 1. The summed E-state index contributed by atoms with van der Waals surface area (Å²) in [6.45, 7) is 4.38. The normalized spacial score (nSPS) is 11.0. The Morgan fingerprint density at radius 2 is 1.93 bits per heavy atom. The van der Waals surface area contributed by atoms with Crippen molar-refractivity contribution in [3.8, 4) is 0 Å². The van der Waals surface area contributed by atoms with E-state index in [0.717, 1.165) is 32.1 Å². The van der Waals surface area contributed by atoms with E-state index in [9.17, 15) is 4.79 Å². The van der Waals surface area contributed by atoms with Crippen LogP contribution in [0.5, 0.6) is 0 Å². The number of halogens is 1. The van der Waals surface area contributed by atoms with Gasteiger partial charge in [0.05, 0.1) is 28.0 Å². The maximum absolute atomic E-state index is 13.7. The van der Waals surface area contributed by atoms with Gasteiger partial charge in [-0.2, -0.15) is 0 Å². The Morgan fingerprint density at radius 1 is 1.13 bits per heavy atom. The Labute approximate surface area is 188 Å². The second kappa shape index (κ2) is 9.16. The molecule has 30 heavy (non-hydrogen) atoms. The second-order valence-electron chi connectivity index (χ2n) is 6.66. The van der Waals surface area contributed by atoms with Gasteiger partial charge in [-0.1, -0.05) is 48.1 Å². The summed E-state index contributed by atoms with van der Waals surface area (Å²) < 4.78 is 1.00. The third kappa shape index (κ3) is 4.21. The molecule has 7 heteroatoms. The van der Waals surface area contributed by atoms with E-state index in [1.165, 1.54) is 11.3 Å². The number of carbonyl (C=O) groups is 1. The SMILES string of the molecule is CCSc1ccccc1C(=O)N(Cc1ccccn1)c1nc2c(C)c(Cl)ccc2s1. The maximum atomic E-state index is 13.7. The Bertz CT molecular complexity index is 1190. The van der Waals surface area contributed by atoms with E-state index >= 15 is 0 Å². The molecule has 2 aromatic carbocycles. The first kappa shape index (κ1) is 20.8. The van der Waals surface area contributed by atoms with Crippen molar-refractivity contribution in [1.82, 2.24) is 9.97 Å². The molecule has 0 atom stereocenters. The van der Waals surface area contributed by atoms with E-state index in [-0.39, 0.29) is 5.91 Å². The number of carbonyl (C=O) groups excluding carboxylic acids is 1. The molecule has 0 saturated carbocycles. The molecule has 0 saturated heterocycles. The van der Waals surface area contributed by atoms with Gasteiger partial charge in [-0.05, 0) is 54.6 Å². The fourth-order valence-electron chi connectivity index (χ4n) is 3.15. The number of rotatable bonds is 6. The van der Waals surface area contributed by atoms with E-state index in [4.69, 9.17) is 16.6 Å². The number of aromatic nitrogens is 2. The van der Waals surface area contributed by atoms with Crippen LogP contribution in [0, 0.1) is 6.92 Å². The summed E-state index contributed by atoms with van der Waals surface area (Å²) in [5.41, 5.74) is 3.23. The van der Waals surface area contributed by atoms with Gasteiger partial charge in [-0.25, -0.2) is 4.98 Å². The molecule has 0 aliphatic heterocycles. The van der Waals surface area contributed by atoms with Crippen molar-refractivity contribution in [2.24, 2.45) is 0 Å². The topological polar surface area (TPSA) is 46.1 Å². The minimum atomic E-state index is -0.0833. The van der Waals surface area contributed by atoms with Gasteiger partial charge in [0.15, 0.2) is 5.13 Å². The highest BCUT2D eigenvalue weighted by Crippen LogP contribution is 2.35. The number of amides is 1. The highest BCUT2D eigenvalue weighted by atomic mass is 35.5. The highest BCUT2D eigenvalue weighted by Gasteiger charge is 2.24. The van der Waals surface area contributed by atoms with Crippen LogP contribution >= 0.6 is 34.7 Å². The quantitative estimate of drug-likeness (QED) is 0.308. The number of hydrogen-bond donors (Lipinski definition) is 0. The number of anilines is 1. The van der Waals surface area contributed by atoms with Crippen LogP contribution in [0.4, 0.5) is 5.13 Å². The molecule has 2 heterocycles. The number of aryl methyl sites for hydroxylation is 1. The number of hydrogen-bond acceptors (Lipinski definition) is 5. The lowest BCUT2D eigenvalue weighted by Crippen LogP contribution is -2.31. The fourth-order valence-corrected chi connectivity index (χ4v) is 5.13. The van der Waals surface area contributed by atoms with Crippen molar-refractivity contribution in [2.45, 2.75) is 25.3 Å². The summed E-state index contributed by atoms with van der Waals surface area (Å²) in [5.74, 6) is 0.809. The minimum Gasteiger partial charge on any atom is -0.278 e. The van der Waals surface area contributed by atoms with Crippen LogP contribution in [0.15, 0.2) is 65.7 Å². The predicted octanol–water partition coefficient (Wildman–Crippen LogP) is 6.61. The highest BCUT2D eigenvalue weighted by molar-refractivity contribution is 7.99. The largest absolute Gasteiger partial charge is 0.278 e.